The first-order chi connectivity index (χ1) is 13.5. The van der Waals surface area contributed by atoms with Gasteiger partial charge < -0.3 is 16.4 Å². The van der Waals surface area contributed by atoms with Crippen molar-refractivity contribution in [1.29, 1.82) is 5.41 Å². The van der Waals surface area contributed by atoms with Crippen LogP contribution in [0.3, 0.4) is 0 Å². The molecule has 0 atom stereocenters. The molecule has 6 nitrogen and oxygen atoms in total. The standard InChI is InChI=1S/C10H14ClN3S.C9H12ClN3S/c1-6(2)13-9-5-7(10(12)15-3)4-8(11)14-9;1-5(2)12-8-4-6(9(11)14)3-7(10)13-8/h4-6,12H,1-3H3,(H,13,14);3-5H,1-2H3,(H2,11,14)(H,12,13). The lowest BCUT2D eigenvalue weighted by Crippen LogP contribution is -2.14. The number of rotatable bonds is 6. The highest BCUT2D eigenvalue weighted by Gasteiger charge is 2.06. The largest absolute Gasteiger partial charge is 0.389 e. The smallest absolute Gasteiger partial charge is 0.132 e. The number of nitrogens with two attached hydrogens (primary N) is 1. The van der Waals surface area contributed by atoms with Gasteiger partial charge in [-0.3, -0.25) is 5.41 Å². The Morgan fingerprint density at radius 1 is 0.966 bits per heavy atom. The molecular weight excluding hydrogens is 447 g/mol. The Morgan fingerprint density at radius 2 is 1.38 bits per heavy atom. The molecule has 29 heavy (non-hydrogen) atoms. The van der Waals surface area contributed by atoms with E-state index in [1.807, 2.05) is 40.0 Å². The third kappa shape index (κ3) is 9.62. The fourth-order valence-corrected chi connectivity index (χ4v) is 3.01. The summed E-state index contributed by atoms with van der Waals surface area (Å²) in [6.07, 6.45) is 1.87. The lowest BCUT2D eigenvalue weighted by atomic mass is 10.2. The van der Waals surface area contributed by atoms with Crippen LogP contribution in [0.25, 0.3) is 0 Å². The van der Waals surface area contributed by atoms with Gasteiger partial charge in [0.2, 0.25) is 0 Å². The first-order valence-electron chi connectivity index (χ1n) is 8.82. The maximum Gasteiger partial charge on any atom is 0.132 e. The van der Waals surface area contributed by atoms with Gasteiger partial charge in [0.15, 0.2) is 0 Å². The molecule has 0 saturated heterocycles. The van der Waals surface area contributed by atoms with Gasteiger partial charge in [-0.2, -0.15) is 0 Å². The molecule has 2 heterocycles. The van der Waals surface area contributed by atoms with Crippen molar-refractivity contribution in [2.75, 3.05) is 16.9 Å². The minimum absolute atomic E-state index is 0.292. The quantitative estimate of drug-likeness (QED) is 0.192. The van der Waals surface area contributed by atoms with E-state index in [0.29, 0.717) is 44.1 Å². The summed E-state index contributed by atoms with van der Waals surface area (Å²) in [5.74, 6) is 1.40. The minimum atomic E-state index is 0.292. The molecule has 0 radical (unpaired) electrons. The average Bonchev–Trinajstić information content (AvgIpc) is 2.59. The van der Waals surface area contributed by atoms with Gasteiger partial charge in [-0.15, -0.1) is 11.8 Å². The highest BCUT2D eigenvalue weighted by atomic mass is 35.5. The number of hydrogen-bond acceptors (Lipinski definition) is 7. The number of anilines is 2. The second-order valence-electron chi connectivity index (χ2n) is 6.62. The van der Waals surface area contributed by atoms with Crippen molar-refractivity contribution < 1.29 is 0 Å². The van der Waals surface area contributed by atoms with Crippen LogP contribution in [0.2, 0.25) is 10.3 Å². The van der Waals surface area contributed by atoms with Gasteiger partial charge in [0, 0.05) is 23.2 Å². The number of halogens is 2. The molecule has 0 bridgehead atoms. The van der Waals surface area contributed by atoms with Crippen molar-refractivity contribution >= 4 is 68.8 Å². The summed E-state index contributed by atoms with van der Waals surface area (Å²) in [4.78, 5) is 8.56. The molecule has 2 aromatic heterocycles. The lowest BCUT2D eigenvalue weighted by Gasteiger charge is -2.10. The van der Waals surface area contributed by atoms with Crippen molar-refractivity contribution in [3.8, 4) is 0 Å². The zero-order valence-corrected chi connectivity index (χ0v) is 20.2. The van der Waals surface area contributed by atoms with E-state index in [1.165, 1.54) is 11.8 Å². The monoisotopic (exact) mass is 472 g/mol. The van der Waals surface area contributed by atoms with Crippen LogP contribution in [0, 0.1) is 5.41 Å². The second-order valence-corrected chi connectivity index (χ2v) is 8.65. The Hall–Kier alpha value is -1.61. The number of nitrogens with zero attached hydrogens (tertiary/aromatic N) is 2. The first-order valence-corrected chi connectivity index (χ1v) is 11.2. The Kier molecular flexibility index (Phi) is 10.7. The van der Waals surface area contributed by atoms with E-state index in [2.05, 4.69) is 20.6 Å². The molecule has 158 valence electrons. The average molecular weight is 473 g/mol. The summed E-state index contributed by atoms with van der Waals surface area (Å²) in [7, 11) is 0. The summed E-state index contributed by atoms with van der Waals surface area (Å²) in [6, 6.07) is 7.56. The molecule has 0 aliphatic rings. The summed E-state index contributed by atoms with van der Waals surface area (Å²) >= 11 is 17.9. The Labute approximate surface area is 191 Å². The van der Waals surface area contributed by atoms with Gasteiger partial charge in [0.1, 0.15) is 26.9 Å². The zero-order valence-electron chi connectivity index (χ0n) is 17.0. The number of thiocarbonyl (C=S) groups is 1. The molecule has 0 spiro atoms. The van der Waals surface area contributed by atoms with Crippen LogP contribution in [-0.4, -0.2) is 38.3 Å². The second kappa shape index (κ2) is 12.2. The van der Waals surface area contributed by atoms with Gasteiger partial charge >= 0.3 is 0 Å². The highest BCUT2D eigenvalue weighted by Crippen LogP contribution is 2.18. The summed E-state index contributed by atoms with van der Waals surface area (Å²) < 4.78 is 0. The van der Waals surface area contributed by atoms with Gasteiger partial charge in [0.25, 0.3) is 0 Å². The van der Waals surface area contributed by atoms with Gasteiger partial charge in [-0.25, -0.2) is 9.97 Å². The van der Waals surface area contributed by atoms with Gasteiger partial charge in [-0.05, 0) is 58.2 Å². The number of thioether (sulfide) groups is 1. The molecule has 0 saturated carbocycles. The number of hydrogen-bond donors (Lipinski definition) is 4. The Bertz CT molecular complexity index is 859. The fraction of sp³-hybridized carbons (Fsp3) is 0.368. The molecule has 0 aliphatic carbocycles. The van der Waals surface area contributed by atoms with Crippen molar-refractivity contribution in [2.45, 2.75) is 39.8 Å². The van der Waals surface area contributed by atoms with Crippen molar-refractivity contribution in [1.82, 2.24) is 9.97 Å². The maximum absolute atomic E-state index is 7.70. The first kappa shape index (κ1) is 25.4. The number of nitrogens with one attached hydrogen (secondary N) is 3. The molecule has 0 aliphatic heterocycles. The summed E-state index contributed by atoms with van der Waals surface area (Å²) in [5, 5.41) is 15.3. The van der Waals surface area contributed by atoms with E-state index >= 15 is 0 Å². The fourth-order valence-electron chi connectivity index (χ4n) is 2.12. The van der Waals surface area contributed by atoms with Crippen molar-refractivity contribution in [2.24, 2.45) is 5.73 Å². The van der Waals surface area contributed by atoms with Crippen LogP contribution >= 0.6 is 47.2 Å². The van der Waals surface area contributed by atoms with E-state index in [0.717, 1.165) is 11.1 Å². The van der Waals surface area contributed by atoms with Gasteiger partial charge in [-0.1, -0.05) is 35.4 Å². The minimum Gasteiger partial charge on any atom is -0.389 e. The third-order valence-corrected chi connectivity index (χ3v) is 4.48. The van der Waals surface area contributed by atoms with Crippen molar-refractivity contribution in [3.05, 3.63) is 45.7 Å². The third-order valence-electron chi connectivity index (χ3n) is 3.21. The maximum atomic E-state index is 7.70. The summed E-state index contributed by atoms with van der Waals surface area (Å²) in [5.41, 5.74) is 7.02. The Balaban J connectivity index is 0.000000291. The van der Waals surface area contributed by atoms with E-state index in [4.69, 9.17) is 46.6 Å². The van der Waals surface area contributed by atoms with Crippen LogP contribution < -0.4 is 16.4 Å². The number of pyridine rings is 2. The normalized spacial score (nSPS) is 10.4. The van der Waals surface area contributed by atoms with E-state index < -0.39 is 0 Å². The topological polar surface area (TPSA) is 99.7 Å². The van der Waals surface area contributed by atoms with Gasteiger partial charge in [0.05, 0.1) is 5.04 Å². The highest BCUT2D eigenvalue weighted by molar-refractivity contribution is 8.13. The number of aromatic nitrogens is 2. The molecule has 0 amide bonds. The lowest BCUT2D eigenvalue weighted by molar-refractivity contribution is 0.889. The summed E-state index contributed by atoms with van der Waals surface area (Å²) in [6.45, 7) is 8.09. The Morgan fingerprint density at radius 3 is 1.76 bits per heavy atom. The predicted octanol–water partition coefficient (Wildman–Crippen LogP) is 5.43. The van der Waals surface area contributed by atoms with E-state index in [-0.39, 0.29) is 0 Å². The molecule has 10 heteroatoms. The van der Waals surface area contributed by atoms with E-state index in [9.17, 15) is 0 Å². The molecular formula is C19H26Cl2N6S2. The van der Waals surface area contributed by atoms with Crippen LogP contribution in [0.15, 0.2) is 24.3 Å². The van der Waals surface area contributed by atoms with Crippen LogP contribution in [0.5, 0.6) is 0 Å². The molecule has 2 rings (SSSR count). The predicted molar refractivity (Wildman–Crippen MR) is 132 cm³/mol. The zero-order chi connectivity index (χ0) is 22.1. The van der Waals surface area contributed by atoms with Crippen LogP contribution in [-0.2, 0) is 0 Å². The van der Waals surface area contributed by atoms with E-state index in [1.54, 1.807) is 18.2 Å². The van der Waals surface area contributed by atoms with Crippen LogP contribution in [0.4, 0.5) is 11.6 Å². The molecule has 5 N–H and O–H groups in total. The molecule has 0 aromatic carbocycles. The molecule has 2 aromatic rings. The van der Waals surface area contributed by atoms with Crippen molar-refractivity contribution in [3.63, 3.8) is 0 Å². The molecule has 0 unspecified atom stereocenters. The van der Waals surface area contributed by atoms with Crippen LogP contribution in [0.1, 0.15) is 38.8 Å². The SMILES string of the molecule is CC(C)Nc1cc(C(N)=S)cc(Cl)n1.CSC(=N)c1cc(Cl)nc(NC(C)C)c1. The molecule has 0 fully saturated rings.